The summed E-state index contributed by atoms with van der Waals surface area (Å²) in [6, 6.07) is 0.812. The topological polar surface area (TPSA) is 17.1 Å². The largest absolute Gasteiger partial charge is 0.396 e. The third-order valence-corrected chi connectivity index (χ3v) is 1.98. The molecule has 0 spiro atoms. The van der Waals surface area contributed by atoms with Gasteiger partial charge in [0.25, 0.3) is 0 Å². The molecule has 7 heteroatoms. The number of carbonyl (C=O) groups is 1. The van der Waals surface area contributed by atoms with Gasteiger partial charge in [-0.05, 0) is 12.1 Å². The Bertz CT molecular complexity index is 427. The van der Waals surface area contributed by atoms with Crippen molar-refractivity contribution in [3.8, 4) is 0 Å². The second-order valence-corrected chi connectivity index (χ2v) is 3.37. The standard InChI is InChI=1S/C9H4ClF5O/c10-5-2-7(12)6(11)1-4(5)8(16)3-9(13,14)15/h1-2H,3H2. The zero-order chi connectivity index (χ0) is 12.5. The van der Waals surface area contributed by atoms with Crippen LogP contribution in [0.1, 0.15) is 16.8 Å². The molecule has 1 rings (SSSR count). The van der Waals surface area contributed by atoms with Crippen molar-refractivity contribution in [1.29, 1.82) is 0 Å². The van der Waals surface area contributed by atoms with Crippen LogP contribution in [-0.4, -0.2) is 12.0 Å². The van der Waals surface area contributed by atoms with Crippen molar-refractivity contribution in [3.63, 3.8) is 0 Å². The second-order valence-electron chi connectivity index (χ2n) is 2.96. The Labute approximate surface area is 91.8 Å². The predicted molar refractivity (Wildman–Crippen MR) is 46.4 cm³/mol. The van der Waals surface area contributed by atoms with Crippen LogP contribution in [0.3, 0.4) is 0 Å². The van der Waals surface area contributed by atoms with Crippen LogP contribution < -0.4 is 0 Å². The maximum absolute atomic E-state index is 12.7. The lowest BCUT2D eigenvalue weighted by Crippen LogP contribution is -2.15. The summed E-state index contributed by atoms with van der Waals surface area (Å²) >= 11 is 5.33. The highest BCUT2D eigenvalue weighted by molar-refractivity contribution is 6.34. The number of halogens is 6. The molecule has 1 aromatic rings. The maximum atomic E-state index is 12.7. The lowest BCUT2D eigenvalue weighted by Gasteiger charge is -2.07. The molecule has 0 amide bonds. The molecule has 0 aliphatic rings. The molecule has 1 aromatic carbocycles. The molecule has 0 bridgehead atoms. The minimum Gasteiger partial charge on any atom is -0.294 e. The van der Waals surface area contributed by atoms with Gasteiger partial charge in [0.05, 0.1) is 5.02 Å². The molecule has 0 aliphatic heterocycles. The van der Waals surface area contributed by atoms with Gasteiger partial charge in [0.15, 0.2) is 17.4 Å². The Balaban J connectivity index is 3.05. The molecule has 0 saturated heterocycles. The molecule has 0 atom stereocenters. The van der Waals surface area contributed by atoms with Crippen LogP contribution in [0.15, 0.2) is 12.1 Å². The van der Waals surface area contributed by atoms with E-state index in [1.54, 1.807) is 0 Å². The van der Waals surface area contributed by atoms with Gasteiger partial charge in [-0.15, -0.1) is 0 Å². The van der Waals surface area contributed by atoms with Gasteiger partial charge in [0.1, 0.15) is 6.42 Å². The number of rotatable bonds is 2. The van der Waals surface area contributed by atoms with Crippen LogP contribution in [0, 0.1) is 11.6 Å². The monoisotopic (exact) mass is 258 g/mol. The molecule has 88 valence electrons. The molecular formula is C9H4ClF5O. The molecule has 0 saturated carbocycles. The summed E-state index contributed by atoms with van der Waals surface area (Å²) in [4.78, 5) is 11.1. The minimum absolute atomic E-state index is 0.353. The first-order chi connectivity index (χ1) is 7.20. The van der Waals surface area contributed by atoms with E-state index in [0.29, 0.717) is 12.1 Å². The number of alkyl halides is 3. The van der Waals surface area contributed by atoms with E-state index in [2.05, 4.69) is 0 Å². The molecule has 0 fully saturated rings. The Morgan fingerprint density at radius 2 is 1.69 bits per heavy atom. The number of ketones is 1. The minimum atomic E-state index is -4.72. The fraction of sp³-hybridized carbons (Fsp3) is 0.222. The van der Waals surface area contributed by atoms with Gasteiger partial charge in [-0.25, -0.2) is 8.78 Å². The molecule has 0 aliphatic carbocycles. The average molecular weight is 259 g/mol. The lowest BCUT2D eigenvalue weighted by molar-refractivity contribution is -0.125. The molecule has 0 radical (unpaired) electrons. The van der Waals surface area contributed by atoms with Crippen molar-refractivity contribution >= 4 is 17.4 Å². The number of benzene rings is 1. The van der Waals surface area contributed by atoms with Crippen LogP contribution in [0.2, 0.25) is 5.02 Å². The van der Waals surface area contributed by atoms with Gasteiger partial charge in [-0.3, -0.25) is 4.79 Å². The van der Waals surface area contributed by atoms with E-state index < -0.39 is 40.6 Å². The van der Waals surface area contributed by atoms with Crippen molar-refractivity contribution in [1.82, 2.24) is 0 Å². The summed E-state index contributed by atoms with van der Waals surface area (Å²) in [5.74, 6) is -4.15. The average Bonchev–Trinajstić information content (AvgIpc) is 2.08. The van der Waals surface area contributed by atoms with Crippen molar-refractivity contribution in [2.75, 3.05) is 0 Å². The summed E-state index contributed by atoms with van der Waals surface area (Å²) in [5.41, 5.74) is -0.683. The van der Waals surface area contributed by atoms with Crippen LogP contribution in [-0.2, 0) is 0 Å². The SMILES string of the molecule is O=C(CC(F)(F)F)c1cc(F)c(F)cc1Cl. The Kier molecular flexibility index (Phi) is 3.52. The highest BCUT2D eigenvalue weighted by atomic mass is 35.5. The van der Waals surface area contributed by atoms with Gasteiger partial charge in [-0.2, -0.15) is 13.2 Å². The van der Waals surface area contributed by atoms with Crippen LogP contribution in [0.4, 0.5) is 22.0 Å². The molecule has 16 heavy (non-hydrogen) atoms. The summed E-state index contributed by atoms with van der Waals surface area (Å²) in [6.07, 6.45) is -6.48. The first-order valence-electron chi connectivity index (χ1n) is 3.95. The first kappa shape index (κ1) is 12.9. The summed E-state index contributed by atoms with van der Waals surface area (Å²) in [6.45, 7) is 0. The Morgan fingerprint density at radius 1 is 1.19 bits per heavy atom. The highest BCUT2D eigenvalue weighted by Crippen LogP contribution is 2.26. The number of carbonyl (C=O) groups excluding carboxylic acids is 1. The van der Waals surface area contributed by atoms with E-state index in [-0.39, 0.29) is 0 Å². The second kappa shape index (κ2) is 4.37. The molecule has 0 aromatic heterocycles. The molecular weight excluding hydrogens is 255 g/mol. The van der Waals surface area contributed by atoms with E-state index in [1.807, 2.05) is 0 Å². The van der Waals surface area contributed by atoms with E-state index in [1.165, 1.54) is 0 Å². The third-order valence-electron chi connectivity index (χ3n) is 1.67. The van der Waals surface area contributed by atoms with Crippen molar-refractivity contribution < 1.29 is 26.7 Å². The lowest BCUT2D eigenvalue weighted by atomic mass is 10.1. The maximum Gasteiger partial charge on any atom is 0.396 e. The summed E-state index contributed by atoms with van der Waals surface area (Å²) < 4.78 is 60.9. The van der Waals surface area contributed by atoms with Gasteiger partial charge < -0.3 is 0 Å². The van der Waals surface area contributed by atoms with Crippen LogP contribution in [0.25, 0.3) is 0 Å². The van der Waals surface area contributed by atoms with E-state index in [9.17, 15) is 26.7 Å². The fourth-order valence-electron chi connectivity index (χ4n) is 1.01. The van der Waals surface area contributed by atoms with Gasteiger partial charge >= 0.3 is 6.18 Å². The Morgan fingerprint density at radius 3 is 2.19 bits per heavy atom. The van der Waals surface area contributed by atoms with Crippen molar-refractivity contribution in [2.45, 2.75) is 12.6 Å². The normalized spacial score (nSPS) is 11.6. The van der Waals surface area contributed by atoms with E-state index in [0.717, 1.165) is 0 Å². The van der Waals surface area contributed by atoms with Crippen LogP contribution in [0.5, 0.6) is 0 Å². The van der Waals surface area contributed by atoms with E-state index in [4.69, 9.17) is 11.6 Å². The quantitative estimate of drug-likeness (QED) is 0.448. The highest BCUT2D eigenvalue weighted by Gasteiger charge is 2.32. The summed E-state index contributed by atoms with van der Waals surface area (Å²) in [5, 5.41) is -0.548. The van der Waals surface area contributed by atoms with Crippen molar-refractivity contribution in [3.05, 3.63) is 34.4 Å². The van der Waals surface area contributed by atoms with Crippen molar-refractivity contribution in [2.24, 2.45) is 0 Å². The smallest absolute Gasteiger partial charge is 0.294 e. The fourth-order valence-corrected chi connectivity index (χ4v) is 1.27. The van der Waals surface area contributed by atoms with Gasteiger partial charge in [0, 0.05) is 5.56 Å². The van der Waals surface area contributed by atoms with Gasteiger partial charge in [0.2, 0.25) is 0 Å². The number of hydrogen-bond acceptors (Lipinski definition) is 1. The summed E-state index contributed by atoms with van der Waals surface area (Å²) in [7, 11) is 0. The first-order valence-corrected chi connectivity index (χ1v) is 4.33. The molecule has 1 nitrogen and oxygen atoms in total. The zero-order valence-electron chi connectivity index (χ0n) is 7.54. The molecule has 0 heterocycles. The molecule has 0 N–H and O–H groups in total. The number of Topliss-reactive ketones (excluding diaryl/α,β-unsaturated/α-hetero) is 1. The van der Waals surface area contributed by atoms with E-state index >= 15 is 0 Å². The number of hydrogen-bond donors (Lipinski definition) is 0. The van der Waals surface area contributed by atoms with Gasteiger partial charge in [-0.1, -0.05) is 11.6 Å². The Hall–Kier alpha value is -1.17. The third kappa shape index (κ3) is 3.16. The molecule has 0 unspecified atom stereocenters. The zero-order valence-corrected chi connectivity index (χ0v) is 8.29. The van der Waals surface area contributed by atoms with Crippen LogP contribution >= 0.6 is 11.6 Å². The predicted octanol–water partition coefficient (Wildman–Crippen LogP) is 3.75.